The Bertz CT molecular complexity index is 1010. The number of pyridine rings is 1. The lowest BCUT2D eigenvalue weighted by Gasteiger charge is -2.06. The fourth-order valence-electron chi connectivity index (χ4n) is 2.39. The lowest BCUT2D eigenvalue weighted by Crippen LogP contribution is -2.05. The number of anilines is 1. The summed E-state index contributed by atoms with van der Waals surface area (Å²) in [6.07, 6.45) is 1.79. The van der Waals surface area contributed by atoms with Gasteiger partial charge in [-0.1, -0.05) is 25.1 Å². The average molecular weight is 340 g/mol. The zero-order valence-electron chi connectivity index (χ0n) is 13.1. The maximum Gasteiger partial charge on any atom is 0.178 e. The fourth-order valence-corrected chi connectivity index (χ4v) is 3.28. The Labute approximate surface area is 140 Å². The molecule has 0 atom stereocenters. The van der Waals surface area contributed by atoms with Gasteiger partial charge in [-0.15, -0.1) is 0 Å². The van der Waals surface area contributed by atoms with Gasteiger partial charge in [0.15, 0.2) is 21.3 Å². The number of fused-ring (bicyclic) bond motifs is 1. The first kappa shape index (κ1) is 16.0. The van der Waals surface area contributed by atoms with Crippen LogP contribution in [0.15, 0.2) is 53.6 Å². The molecule has 3 rings (SSSR count). The second-order valence-corrected chi connectivity index (χ2v) is 7.53. The van der Waals surface area contributed by atoms with Gasteiger partial charge in [0, 0.05) is 12.7 Å². The molecule has 0 aliphatic carbocycles. The number of imidazole rings is 1. The number of benzene rings is 1. The van der Waals surface area contributed by atoms with Gasteiger partial charge in [0.1, 0.15) is 11.7 Å². The summed E-state index contributed by atoms with van der Waals surface area (Å²) in [5, 5.41) is 12.5. The van der Waals surface area contributed by atoms with Crippen molar-refractivity contribution in [1.82, 2.24) is 9.38 Å². The third-order valence-electron chi connectivity index (χ3n) is 3.76. The van der Waals surface area contributed by atoms with Crippen LogP contribution in [0.25, 0.3) is 5.65 Å². The summed E-state index contributed by atoms with van der Waals surface area (Å²) < 4.78 is 25.3. The molecule has 0 saturated carbocycles. The summed E-state index contributed by atoms with van der Waals surface area (Å²) in [5.74, 6) is 0.589. The van der Waals surface area contributed by atoms with Crippen LogP contribution < -0.4 is 5.32 Å². The first-order chi connectivity index (χ1) is 11.5. The Kier molecular flexibility index (Phi) is 4.23. The average Bonchev–Trinajstić information content (AvgIpc) is 2.97. The van der Waals surface area contributed by atoms with Crippen molar-refractivity contribution in [2.45, 2.75) is 18.4 Å². The molecule has 3 aromatic rings. The van der Waals surface area contributed by atoms with Crippen molar-refractivity contribution in [2.75, 3.05) is 11.1 Å². The standard InChI is InChI=1S/C17H16N4O2S/c1-2-24(22,23)14-8-6-13(7-9-14)12-19-17-15(11-18)21-10-4-3-5-16(21)20-17/h3-10,19H,2,12H2,1H3. The maximum atomic E-state index is 11.8. The van der Waals surface area contributed by atoms with E-state index in [0.29, 0.717) is 28.6 Å². The Morgan fingerprint density at radius 2 is 1.96 bits per heavy atom. The van der Waals surface area contributed by atoms with E-state index in [1.165, 1.54) is 0 Å². The van der Waals surface area contributed by atoms with E-state index in [1.807, 2.05) is 18.2 Å². The number of sulfone groups is 1. The zero-order valence-corrected chi connectivity index (χ0v) is 13.9. The molecule has 1 aromatic carbocycles. The van der Waals surface area contributed by atoms with Crippen LogP contribution in [0.5, 0.6) is 0 Å². The van der Waals surface area contributed by atoms with E-state index in [1.54, 1.807) is 41.8 Å². The highest BCUT2D eigenvalue weighted by molar-refractivity contribution is 7.91. The predicted octanol–water partition coefficient (Wildman–Crippen LogP) is 2.61. The van der Waals surface area contributed by atoms with Crippen LogP contribution in [0.2, 0.25) is 0 Å². The van der Waals surface area contributed by atoms with E-state index in [4.69, 9.17) is 0 Å². The Hall–Kier alpha value is -2.85. The Balaban J connectivity index is 1.80. The molecule has 24 heavy (non-hydrogen) atoms. The quantitative estimate of drug-likeness (QED) is 0.771. The number of nitrogens with zero attached hydrogens (tertiary/aromatic N) is 3. The van der Waals surface area contributed by atoms with Gasteiger partial charge in [-0.05, 0) is 29.8 Å². The SMILES string of the molecule is CCS(=O)(=O)c1ccc(CNc2nc3ccccn3c2C#N)cc1. The fraction of sp³-hybridized carbons (Fsp3) is 0.176. The molecule has 0 fully saturated rings. The number of nitriles is 1. The topological polar surface area (TPSA) is 87.3 Å². The number of nitrogens with one attached hydrogen (secondary N) is 1. The van der Waals surface area contributed by atoms with Crippen molar-refractivity contribution in [3.63, 3.8) is 0 Å². The highest BCUT2D eigenvalue weighted by Gasteiger charge is 2.12. The minimum absolute atomic E-state index is 0.0807. The van der Waals surface area contributed by atoms with Crippen LogP contribution in [0, 0.1) is 11.3 Å². The van der Waals surface area contributed by atoms with Gasteiger partial charge in [0.25, 0.3) is 0 Å². The van der Waals surface area contributed by atoms with Gasteiger partial charge in [-0.25, -0.2) is 13.4 Å². The van der Waals surface area contributed by atoms with Gasteiger partial charge in [-0.3, -0.25) is 4.40 Å². The number of rotatable bonds is 5. The van der Waals surface area contributed by atoms with Crippen molar-refractivity contribution in [1.29, 1.82) is 5.26 Å². The van der Waals surface area contributed by atoms with Crippen LogP contribution in [0.1, 0.15) is 18.2 Å². The summed E-state index contributed by atoms with van der Waals surface area (Å²) in [6.45, 7) is 2.07. The van der Waals surface area contributed by atoms with Gasteiger partial charge < -0.3 is 5.32 Å². The number of hydrogen-bond acceptors (Lipinski definition) is 5. The maximum absolute atomic E-state index is 11.8. The van der Waals surface area contributed by atoms with E-state index in [-0.39, 0.29) is 5.75 Å². The van der Waals surface area contributed by atoms with Crippen molar-refractivity contribution >= 4 is 21.3 Å². The van der Waals surface area contributed by atoms with Crippen molar-refractivity contribution in [2.24, 2.45) is 0 Å². The first-order valence-electron chi connectivity index (χ1n) is 7.48. The molecule has 6 nitrogen and oxygen atoms in total. The highest BCUT2D eigenvalue weighted by atomic mass is 32.2. The van der Waals surface area contributed by atoms with E-state index in [0.717, 1.165) is 5.56 Å². The van der Waals surface area contributed by atoms with Crippen molar-refractivity contribution < 1.29 is 8.42 Å². The Morgan fingerprint density at radius 3 is 2.62 bits per heavy atom. The van der Waals surface area contributed by atoms with Gasteiger partial charge in [0.2, 0.25) is 0 Å². The predicted molar refractivity (Wildman–Crippen MR) is 91.4 cm³/mol. The highest BCUT2D eigenvalue weighted by Crippen LogP contribution is 2.18. The smallest absolute Gasteiger partial charge is 0.178 e. The van der Waals surface area contributed by atoms with Gasteiger partial charge in [0.05, 0.1) is 10.6 Å². The molecule has 0 saturated heterocycles. The van der Waals surface area contributed by atoms with E-state index >= 15 is 0 Å². The lowest BCUT2D eigenvalue weighted by atomic mass is 10.2. The summed E-state index contributed by atoms with van der Waals surface area (Å²) in [4.78, 5) is 4.72. The van der Waals surface area contributed by atoms with E-state index in [2.05, 4.69) is 16.4 Å². The van der Waals surface area contributed by atoms with Crippen LogP contribution in [-0.4, -0.2) is 23.6 Å². The van der Waals surface area contributed by atoms with Crippen molar-refractivity contribution in [3.05, 3.63) is 59.9 Å². The summed E-state index contributed by atoms with van der Waals surface area (Å²) >= 11 is 0. The molecule has 0 aliphatic rings. The largest absolute Gasteiger partial charge is 0.364 e. The second kappa shape index (κ2) is 6.34. The van der Waals surface area contributed by atoms with Gasteiger partial charge >= 0.3 is 0 Å². The third kappa shape index (κ3) is 2.96. The monoisotopic (exact) mass is 340 g/mol. The molecule has 0 radical (unpaired) electrons. The van der Waals surface area contributed by atoms with E-state index in [9.17, 15) is 13.7 Å². The summed E-state index contributed by atoms with van der Waals surface area (Å²) in [7, 11) is -3.19. The molecule has 122 valence electrons. The normalized spacial score (nSPS) is 11.3. The molecule has 7 heteroatoms. The van der Waals surface area contributed by atoms with Crippen LogP contribution in [0.4, 0.5) is 5.82 Å². The summed E-state index contributed by atoms with van der Waals surface area (Å²) in [5.41, 5.74) is 2.04. The van der Waals surface area contributed by atoms with Crippen molar-refractivity contribution in [3.8, 4) is 6.07 Å². The van der Waals surface area contributed by atoms with E-state index < -0.39 is 9.84 Å². The molecule has 0 spiro atoms. The number of hydrogen-bond donors (Lipinski definition) is 1. The second-order valence-electron chi connectivity index (χ2n) is 5.25. The molecule has 0 aliphatic heterocycles. The number of aromatic nitrogens is 2. The minimum Gasteiger partial charge on any atom is -0.364 e. The Morgan fingerprint density at radius 1 is 1.21 bits per heavy atom. The molecule has 1 N–H and O–H groups in total. The van der Waals surface area contributed by atoms with Crippen LogP contribution in [0.3, 0.4) is 0 Å². The molecule has 2 aromatic heterocycles. The lowest BCUT2D eigenvalue weighted by molar-refractivity contribution is 0.597. The minimum atomic E-state index is -3.19. The first-order valence-corrected chi connectivity index (χ1v) is 9.13. The molecular weight excluding hydrogens is 324 g/mol. The molecule has 0 unspecified atom stereocenters. The third-order valence-corrected chi connectivity index (χ3v) is 5.51. The van der Waals surface area contributed by atoms with Crippen LogP contribution >= 0.6 is 0 Å². The molecule has 2 heterocycles. The summed E-state index contributed by atoms with van der Waals surface area (Å²) in [6, 6.07) is 14.4. The zero-order chi connectivity index (χ0) is 17.2. The molecular formula is C17H16N4O2S. The van der Waals surface area contributed by atoms with Crippen LogP contribution in [-0.2, 0) is 16.4 Å². The van der Waals surface area contributed by atoms with Gasteiger partial charge in [-0.2, -0.15) is 5.26 Å². The molecule has 0 amide bonds. The molecule has 0 bridgehead atoms.